The summed E-state index contributed by atoms with van der Waals surface area (Å²) in [7, 11) is 0. The van der Waals surface area contributed by atoms with Crippen LogP contribution in [0.1, 0.15) is 21.6 Å². The fourth-order valence-electron chi connectivity index (χ4n) is 2.71. The summed E-state index contributed by atoms with van der Waals surface area (Å²) in [5.41, 5.74) is 2.85. The summed E-state index contributed by atoms with van der Waals surface area (Å²) in [6.45, 7) is 3.68. The van der Waals surface area contributed by atoms with Gasteiger partial charge in [0.25, 0.3) is 5.91 Å². The number of para-hydroxylation sites is 1. The van der Waals surface area contributed by atoms with Crippen LogP contribution in [0, 0.1) is 19.7 Å². The number of benzene rings is 2. The van der Waals surface area contributed by atoms with Crippen LogP contribution >= 0.6 is 11.5 Å². The van der Waals surface area contributed by atoms with Crippen molar-refractivity contribution in [1.29, 1.82) is 0 Å². The lowest BCUT2D eigenvalue weighted by Crippen LogP contribution is -2.11. The van der Waals surface area contributed by atoms with Crippen LogP contribution in [0.15, 0.2) is 48.5 Å². The molecule has 7 nitrogen and oxygen atoms in total. The van der Waals surface area contributed by atoms with E-state index in [4.69, 9.17) is 0 Å². The van der Waals surface area contributed by atoms with Gasteiger partial charge in [-0.1, -0.05) is 35.0 Å². The highest BCUT2D eigenvalue weighted by atomic mass is 32.1. The van der Waals surface area contributed by atoms with Gasteiger partial charge in [0, 0.05) is 17.1 Å². The molecule has 140 valence electrons. The molecule has 4 rings (SSSR count). The molecule has 2 heterocycles. The quantitative estimate of drug-likeness (QED) is 0.569. The molecule has 0 bridgehead atoms. The second-order valence-corrected chi connectivity index (χ2v) is 6.89. The van der Waals surface area contributed by atoms with Crippen molar-refractivity contribution in [2.24, 2.45) is 0 Å². The molecule has 0 saturated heterocycles. The molecule has 0 aliphatic heterocycles. The molecule has 0 atom stereocenters. The molecular formula is C19H15FN6OS. The zero-order valence-corrected chi connectivity index (χ0v) is 15.9. The van der Waals surface area contributed by atoms with Crippen LogP contribution < -0.4 is 5.32 Å². The summed E-state index contributed by atoms with van der Waals surface area (Å²) >= 11 is 1.04. The first-order valence-corrected chi connectivity index (χ1v) is 9.19. The normalized spacial score (nSPS) is 10.8. The number of hydrogen-bond acceptors (Lipinski definition) is 6. The van der Waals surface area contributed by atoms with Gasteiger partial charge in [0.2, 0.25) is 5.13 Å². The number of aromatic nitrogens is 5. The van der Waals surface area contributed by atoms with Crippen molar-refractivity contribution in [3.05, 3.63) is 71.2 Å². The number of halogens is 1. The van der Waals surface area contributed by atoms with E-state index in [9.17, 15) is 9.18 Å². The maximum atomic E-state index is 14.0. The molecule has 0 radical (unpaired) electrons. The van der Waals surface area contributed by atoms with Gasteiger partial charge in [0.1, 0.15) is 11.5 Å². The van der Waals surface area contributed by atoms with Gasteiger partial charge < -0.3 is 0 Å². The zero-order chi connectivity index (χ0) is 19.7. The molecule has 0 aliphatic rings. The Morgan fingerprint density at radius 3 is 2.75 bits per heavy atom. The molecule has 28 heavy (non-hydrogen) atoms. The molecule has 9 heteroatoms. The standard InChI is InChI=1S/C19H15FN6OS/c1-11-6-5-7-13(10-11)18(27)22-19-21-17(24-28-19)16-12(2)26(25-23-16)15-9-4-3-8-14(15)20/h3-10H,1-2H3,(H,21,22,24,27). The highest BCUT2D eigenvalue weighted by molar-refractivity contribution is 7.10. The molecule has 4 aromatic rings. The Morgan fingerprint density at radius 1 is 1.14 bits per heavy atom. The molecule has 0 saturated carbocycles. The number of nitrogens with one attached hydrogen (secondary N) is 1. The molecule has 2 aromatic carbocycles. The lowest BCUT2D eigenvalue weighted by molar-refractivity contribution is 0.102. The molecule has 0 fully saturated rings. The van der Waals surface area contributed by atoms with E-state index in [0.29, 0.717) is 33.6 Å². The summed E-state index contributed by atoms with van der Waals surface area (Å²) in [4.78, 5) is 16.7. The van der Waals surface area contributed by atoms with E-state index in [0.717, 1.165) is 17.1 Å². The van der Waals surface area contributed by atoms with Gasteiger partial charge in [-0.15, -0.1) is 5.10 Å². The van der Waals surface area contributed by atoms with Gasteiger partial charge >= 0.3 is 0 Å². The number of aryl methyl sites for hydroxylation is 1. The minimum absolute atomic E-state index is 0.266. The van der Waals surface area contributed by atoms with Gasteiger partial charge in [-0.25, -0.2) is 9.07 Å². The summed E-state index contributed by atoms with van der Waals surface area (Å²) in [5.74, 6) is -0.345. The smallest absolute Gasteiger partial charge is 0.257 e. The number of carbonyl (C=O) groups excluding carboxylic acids is 1. The number of anilines is 1. The largest absolute Gasteiger partial charge is 0.297 e. The first-order chi connectivity index (χ1) is 13.5. The molecular weight excluding hydrogens is 379 g/mol. The lowest BCUT2D eigenvalue weighted by Gasteiger charge is -2.03. The fraction of sp³-hybridized carbons (Fsp3) is 0.105. The maximum Gasteiger partial charge on any atom is 0.257 e. The Kier molecular flexibility index (Phi) is 4.66. The Hall–Kier alpha value is -3.46. The van der Waals surface area contributed by atoms with Gasteiger partial charge in [-0.05, 0) is 38.1 Å². The van der Waals surface area contributed by atoms with E-state index in [1.54, 1.807) is 37.3 Å². The van der Waals surface area contributed by atoms with E-state index in [1.165, 1.54) is 10.7 Å². The lowest BCUT2D eigenvalue weighted by atomic mass is 10.1. The van der Waals surface area contributed by atoms with Crippen LogP contribution in [0.5, 0.6) is 0 Å². The SMILES string of the molecule is Cc1cccc(C(=O)Nc2nc(-c3nnn(-c4ccccc4F)c3C)ns2)c1. The highest BCUT2D eigenvalue weighted by Crippen LogP contribution is 2.24. The van der Waals surface area contributed by atoms with Crippen LogP contribution in [0.2, 0.25) is 0 Å². The predicted molar refractivity (Wildman–Crippen MR) is 104 cm³/mol. The van der Waals surface area contributed by atoms with Crippen molar-refractivity contribution < 1.29 is 9.18 Å². The van der Waals surface area contributed by atoms with Gasteiger partial charge in [0.15, 0.2) is 11.5 Å². The Balaban J connectivity index is 1.58. The average molecular weight is 394 g/mol. The minimum Gasteiger partial charge on any atom is -0.297 e. The van der Waals surface area contributed by atoms with Crippen LogP contribution in [0.25, 0.3) is 17.2 Å². The molecule has 1 N–H and O–H groups in total. The topological polar surface area (TPSA) is 85.6 Å². The van der Waals surface area contributed by atoms with E-state index >= 15 is 0 Å². The van der Waals surface area contributed by atoms with Crippen LogP contribution in [0.4, 0.5) is 9.52 Å². The third kappa shape index (κ3) is 3.39. The van der Waals surface area contributed by atoms with E-state index in [1.807, 2.05) is 19.1 Å². The summed E-state index contributed by atoms with van der Waals surface area (Å²) < 4.78 is 19.7. The van der Waals surface area contributed by atoms with Crippen LogP contribution in [-0.2, 0) is 0 Å². The van der Waals surface area contributed by atoms with Gasteiger partial charge in [0.05, 0.1) is 5.69 Å². The molecule has 0 unspecified atom stereocenters. The summed E-state index contributed by atoms with van der Waals surface area (Å²) in [6.07, 6.45) is 0. The first-order valence-electron chi connectivity index (χ1n) is 8.42. The number of amides is 1. The summed E-state index contributed by atoms with van der Waals surface area (Å²) in [5, 5.41) is 11.2. The minimum atomic E-state index is -0.403. The molecule has 0 aliphatic carbocycles. The number of carbonyl (C=O) groups is 1. The number of nitrogens with zero attached hydrogens (tertiary/aromatic N) is 5. The van der Waals surface area contributed by atoms with Crippen LogP contribution in [-0.4, -0.2) is 30.3 Å². The van der Waals surface area contributed by atoms with Crippen molar-refractivity contribution >= 4 is 22.6 Å². The monoisotopic (exact) mass is 394 g/mol. The van der Waals surface area contributed by atoms with Crippen molar-refractivity contribution in [2.75, 3.05) is 5.32 Å². The number of hydrogen-bond donors (Lipinski definition) is 1. The molecule has 1 amide bonds. The predicted octanol–water partition coefficient (Wildman–Crippen LogP) is 3.79. The molecule has 2 aromatic heterocycles. The second kappa shape index (κ2) is 7.28. The molecule has 0 spiro atoms. The average Bonchev–Trinajstić information content (AvgIpc) is 3.28. The van der Waals surface area contributed by atoms with E-state index < -0.39 is 5.82 Å². The fourth-order valence-corrected chi connectivity index (χ4v) is 3.28. The zero-order valence-electron chi connectivity index (χ0n) is 15.0. The Morgan fingerprint density at radius 2 is 1.96 bits per heavy atom. The highest BCUT2D eigenvalue weighted by Gasteiger charge is 2.19. The van der Waals surface area contributed by atoms with Crippen molar-refractivity contribution in [2.45, 2.75) is 13.8 Å². The van der Waals surface area contributed by atoms with Crippen LogP contribution in [0.3, 0.4) is 0 Å². The van der Waals surface area contributed by atoms with Gasteiger partial charge in [-0.2, -0.15) is 9.36 Å². The Labute approximate surface area is 164 Å². The third-order valence-electron chi connectivity index (χ3n) is 4.11. The Bertz CT molecular complexity index is 1170. The van der Waals surface area contributed by atoms with Crippen molar-refractivity contribution in [1.82, 2.24) is 24.4 Å². The first kappa shape index (κ1) is 17.9. The third-order valence-corrected chi connectivity index (χ3v) is 4.74. The summed E-state index contributed by atoms with van der Waals surface area (Å²) in [6, 6.07) is 13.6. The van der Waals surface area contributed by atoms with Crippen molar-refractivity contribution in [3.8, 4) is 17.2 Å². The second-order valence-electron chi connectivity index (χ2n) is 6.13. The van der Waals surface area contributed by atoms with Gasteiger partial charge in [-0.3, -0.25) is 10.1 Å². The number of rotatable bonds is 4. The van der Waals surface area contributed by atoms with E-state index in [2.05, 4.69) is 25.0 Å². The van der Waals surface area contributed by atoms with Crippen molar-refractivity contribution in [3.63, 3.8) is 0 Å². The maximum absolute atomic E-state index is 14.0. The van der Waals surface area contributed by atoms with E-state index in [-0.39, 0.29) is 5.91 Å².